The number of fused-ring (bicyclic) bond motifs is 1. The number of carbonyl (C=O) groups excluding carboxylic acids is 1. The third-order valence-corrected chi connectivity index (χ3v) is 4.73. The first-order valence-electron chi connectivity index (χ1n) is 8.51. The van der Waals surface area contributed by atoms with Gasteiger partial charge in [0.05, 0.1) is 13.0 Å². The number of hydrogen-bond acceptors (Lipinski definition) is 2. The van der Waals surface area contributed by atoms with Gasteiger partial charge >= 0.3 is 0 Å². The third-order valence-electron chi connectivity index (χ3n) is 4.73. The van der Waals surface area contributed by atoms with Crippen LogP contribution in [0, 0.1) is 18.3 Å². The summed E-state index contributed by atoms with van der Waals surface area (Å²) in [5.74, 6) is 3.08. The van der Waals surface area contributed by atoms with E-state index in [0.29, 0.717) is 25.6 Å². The van der Waals surface area contributed by atoms with E-state index in [2.05, 4.69) is 28.8 Å². The number of carbonyl (C=O) groups is 1. The number of aromatic nitrogens is 1. The van der Waals surface area contributed by atoms with Crippen molar-refractivity contribution in [1.29, 1.82) is 0 Å². The SMILES string of the molecule is C#CCOCC1CCCN(C(=O)Cc2cn(C)c3ccccc23)C1. The second-order valence-corrected chi connectivity index (χ2v) is 6.53. The van der Waals surface area contributed by atoms with Crippen LogP contribution in [0.4, 0.5) is 0 Å². The number of piperidine rings is 1. The Hall–Kier alpha value is -2.25. The Balaban J connectivity index is 1.64. The van der Waals surface area contributed by atoms with Crippen molar-refractivity contribution in [2.24, 2.45) is 13.0 Å². The van der Waals surface area contributed by atoms with Crippen molar-refractivity contribution in [3.8, 4) is 12.3 Å². The minimum atomic E-state index is 0.202. The molecular formula is C20H24N2O2. The predicted molar refractivity (Wildman–Crippen MR) is 95.6 cm³/mol. The molecule has 1 aromatic carbocycles. The zero-order chi connectivity index (χ0) is 16.9. The Morgan fingerprint density at radius 1 is 1.42 bits per heavy atom. The molecule has 0 saturated carbocycles. The largest absolute Gasteiger partial charge is 0.368 e. The molecule has 4 heteroatoms. The van der Waals surface area contributed by atoms with Crippen molar-refractivity contribution in [2.45, 2.75) is 19.3 Å². The molecule has 0 radical (unpaired) electrons. The molecule has 0 bridgehead atoms. The zero-order valence-electron chi connectivity index (χ0n) is 14.2. The van der Waals surface area contributed by atoms with Gasteiger partial charge < -0.3 is 14.2 Å². The maximum Gasteiger partial charge on any atom is 0.227 e. The number of ether oxygens (including phenoxy) is 1. The molecule has 24 heavy (non-hydrogen) atoms. The van der Waals surface area contributed by atoms with E-state index in [1.807, 2.05) is 24.1 Å². The van der Waals surface area contributed by atoms with Gasteiger partial charge in [0.2, 0.25) is 5.91 Å². The molecule has 1 atom stereocenters. The molecule has 4 nitrogen and oxygen atoms in total. The average molecular weight is 324 g/mol. The van der Waals surface area contributed by atoms with Crippen molar-refractivity contribution < 1.29 is 9.53 Å². The van der Waals surface area contributed by atoms with Crippen LogP contribution in [-0.4, -0.2) is 41.7 Å². The lowest BCUT2D eigenvalue weighted by Crippen LogP contribution is -2.42. The van der Waals surface area contributed by atoms with Gasteiger partial charge in [0, 0.05) is 37.2 Å². The number of para-hydroxylation sites is 1. The zero-order valence-corrected chi connectivity index (χ0v) is 14.2. The third kappa shape index (κ3) is 3.63. The lowest BCUT2D eigenvalue weighted by atomic mass is 9.98. The summed E-state index contributed by atoms with van der Waals surface area (Å²) in [6, 6.07) is 8.23. The summed E-state index contributed by atoms with van der Waals surface area (Å²) in [5, 5.41) is 1.17. The van der Waals surface area contributed by atoms with Crippen molar-refractivity contribution in [3.05, 3.63) is 36.0 Å². The molecule has 1 fully saturated rings. The lowest BCUT2D eigenvalue weighted by Gasteiger charge is -2.32. The molecule has 0 N–H and O–H groups in total. The molecule has 2 aromatic rings. The van der Waals surface area contributed by atoms with Crippen LogP contribution in [0.5, 0.6) is 0 Å². The van der Waals surface area contributed by atoms with Gasteiger partial charge in [0.15, 0.2) is 0 Å². The minimum absolute atomic E-state index is 0.202. The fourth-order valence-corrected chi connectivity index (χ4v) is 3.55. The highest BCUT2D eigenvalue weighted by Crippen LogP contribution is 2.23. The van der Waals surface area contributed by atoms with Crippen molar-refractivity contribution in [2.75, 3.05) is 26.3 Å². The van der Waals surface area contributed by atoms with Crippen LogP contribution >= 0.6 is 0 Å². The smallest absolute Gasteiger partial charge is 0.227 e. The summed E-state index contributed by atoms with van der Waals surface area (Å²) in [4.78, 5) is 14.7. The number of nitrogens with zero attached hydrogens (tertiary/aromatic N) is 2. The van der Waals surface area contributed by atoms with Crippen molar-refractivity contribution in [1.82, 2.24) is 9.47 Å². The second-order valence-electron chi connectivity index (χ2n) is 6.53. The second kappa shape index (κ2) is 7.55. The summed E-state index contributed by atoms with van der Waals surface area (Å²) >= 11 is 0. The quantitative estimate of drug-likeness (QED) is 0.626. The van der Waals surface area contributed by atoms with E-state index in [1.165, 1.54) is 10.9 Å². The van der Waals surface area contributed by atoms with Crippen LogP contribution in [0.1, 0.15) is 18.4 Å². The maximum atomic E-state index is 12.7. The maximum absolute atomic E-state index is 12.7. The Bertz CT molecular complexity index is 757. The molecule has 1 aromatic heterocycles. The summed E-state index contributed by atoms with van der Waals surface area (Å²) in [7, 11) is 2.02. The van der Waals surface area contributed by atoms with Crippen LogP contribution in [0.25, 0.3) is 10.9 Å². The monoisotopic (exact) mass is 324 g/mol. The molecule has 3 rings (SSSR count). The van der Waals surface area contributed by atoms with Gasteiger partial charge in [-0.1, -0.05) is 24.1 Å². The topological polar surface area (TPSA) is 34.5 Å². The highest BCUT2D eigenvalue weighted by molar-refractivity contribution is 5.89. The van der Waals surface area contributed by atoms with E-state index in [-0.39, 0.29) is 5.91 Å². The number of rotatable bonds is 5. The lowest BCUT2D eigenvalue weighted by molar-refractivity contribution is -0.132. The molecule has 1 aliphatic heterocycles. The Morgan fingerprint density at radius 3 is 3.08 bits per heavy atom. The summed E-state index contributed by atoms with van der Waals surface area (Å²) < 4.78 is 7.54. The minimum Gasteiger partial charge on any atom is -0.368 e. The van der Waals surface area contributed by atoms with Gasteiger partial charge in [-0.05, 0) is 30.4 Å². The first-order chi connectivity index (χ1) is 11.7. The van der Waals surface area contributed by atoms with Gasteiger partial charge in [0.25, 0.3) is 0 Å². The fraction of sp³-hybridized carbons (Fsp3) is 0.450. The molecule has 2 heterocycles. The van der Waals surface area contributed by atoms with Crippen molar-refractivity contribution >= 4 is 16.8 Å². The molecule has 1 unspecified atom stereocenters. The molecule has 1 aliphatic rings. The molecule has 1 saturated heterocycles. The molecule has 0 spiro atoms. The van der Waals surface area contributed by atoms with E-state index in [1.54, 1.807) is 0 Å². The van der Waals surface area contributed by atoms with Crippen LogP contribution in [-0.2, 0) is 23.0 Å². The first kappa shape index (κ1) is 16.6. The molecular weight excluding hydrogens is 300 g/mol. The summed E-state index contributed by atoms with van der Waals surface area (Å²) in [6.45, 7) is 2.60. The van der Waals surface area contributed by atoms with Gasteiger partial charge in [0.1, 0.15) is 6.61 Å². The molecule has 1 amide bonds. The number of likely N-dealkylation sites (tertiary alicyclic amines) is 1. The summed E-state index contributed by atoms with van der Waals surface area (Å²) in [5.41, 5.74) is 2.27. The van der Waals surface area contributed by atoms with E-state index in [4.69, 9.17) is 11.2 Å². The standard InChI is InChI=1S/C20H24N2O2/c1-3-11-24-15-16-7-6-10-22(13-16)20(23)12-17-14-21(2)19-9-5-4-8-18(17)19/h1,4-5,8-9,14,16H,6-7,10-13,15H2,2H3. The van der Waals surface area contributed by atoms with Gasteiger partial charge in [-0.2, -0.15) is 0 Å². The Labute approximate surface area is 143 Å². The Kier molecular flexibility index (Phi) is 5.22. The number of amides is 1. The number of terminal acetylenes is 1. The van der Waals surface area contributed by atoms with Crippen LogP contribution in [0.15, 0.2) is 30.5 Å². The fourth-order valence-electron chi connectivity index (χ4n) is 3.55. The van der Waals surface area contributed by atoms with Crippen molar-refractivity contribution in [3.63, 3.8) is 0 Å². The van der Waals surface area contributed by atoms with E-state index >= 15 is 0 Å². The predicted octanol–water partition coefficient (Wildman–Crippen LogP) is 2.61. The van der Waals surface area contributed by atoms with E-state index in [9.17, 15) is 4.79 Å². The van der Waals surface area contributed by atoms with Crippen LogP contribution < -0.4 is 0 Å². The molecule has 0 aliphatic carbocycles. The normalized spacial score (nSPS) is 17.8. The highest BCUT2D eigenvalue weighted by atomic mass is 16.5. The first-order valence-corrected chi connectivity index (χ1v) is 8.51. The van der Waals surface area contributed by atoms with Gasteiger partial charge in [-0.3, -0.25) is 4.79 Å². The van der Waals surface area contributed by atoms with E-state index in [0.717, 1.165) is 31.5 Å². The average Bonchev–Trinajstić information content (AvgIpc) is 2.92. The Morgan fingerprint density at radius 2 is 2.25 bits per heavy atom. The van der Waals surface area contributed by atoms with Gasteiger partial charge in [-0.15, -0.1) is 6.42 Å². The molecule has 126 valence electrons. The van der Waals surface area contributed by atoms with Gasteiger partial charge in [-0.25, -0.2) is 0 Å². The van der Waals surface area contributed by atoms with Crippen LogP contribution in [0.3, 0.4) is 0 Å². The van der Waals surface area contributed by atoms with Crippen LogP contribution in [0.2, 0.25) is 0 Å². The number of benzene rings is 1. The number of hydrogen-bond donors (Lipinski definition) is 0. The number of aryl methyl sites for hydroxylation is 1. The highest BCUT2D eigenvalue weighted by Gasteiger charge is 2.24. The summed E-state index contributed by atoms with van der Waals surface area (Å²) in [6.07, 6.45) is 9.87. The van der Waals surface area contributed by atoms with E-state index < -0.39 is 0 Å².